The van der Waals surface area contributed by atoms with Crippen LogP contribution in [-0.2, 0) is 14.6 Å². The maximum absolute atomic E-state index is 12.4. The number of Topliss-reactive ketones (excluding diaryl/α,β-unsaturated/α-hetero) is 1. The number of carbonyl (C=O) groups excluding carboxylic acids is 1. The summed E-state index contributed by atoms with van der Waals surface area (Å²) in [4.78, 5) is 12.4. The van der Waals surface area contributed by atoms with Crippen LogP contribution in [0.25, 0.3) is 0 Å². The molecule has 1 heterocycles. The summed E-state index contributed by atoms with van der Waals surface area (Å²) in [6.07, 6.45) is 0.300. The second-order valence-electron chi connectivity index (χ2n) is 4.81. The molecule has 0 radical (unpaired) electrons. The number of hydrogen-bond acceptors (Lipinski definition) is 5. The molecule has 1 aliphatic rings. The maximum Gasteiger partial charge on any atom is 0.158 e. The molecule has 2 atom stereocenters. The average molecular weight is 293 g/mol. The van der Waals surface area contributed by atoms with E-state index in [1.807, 2.05) is 6.07 Å². The minimum absolute atomic E-state index is 0.0213. The molecule has 0 bridgehead atoms. The number of nitrogens with zero attached hydrogens (tertiary/aromatic N) is 1. The average Bonchev–Trinajstić information content (AvgIpc) is 2.80. The number of ether oxygens (including phenoxy) is 1. The topological polar surface area (TPSA) is 84.2 Å². The highest BCUT2D eigenvalue weighted by atomic mass is 32.2. The van der Waals surface area contributed by atoms with Crippen LogP contribution >= 0.6 is 0 Å². The molecule has 2 rings (SSSR count). The van der Waals surface area contributed by atoms with E-state index in [9.17, 15) is 18.5 Å². The molecule has 1 aliphatic heterocycles. The van der Waals surface area contributed by atoms with Gasteiger partial charge in [-0.15, -0.1) is 0 Å². The van der Waals surface area contributed by atoms with Gasteiger partial charge in [0.1, 0.15) is 11.7 Å². The van der Waals surface area contributed by atoms with Gasteiger partial charge in [0, 0.05) is 11.5 Å². The zero-order chi connectivity index (χ0) is 14.8. The number of carbonyl (C=O) groups is 1. The predicted molar refractivity (Wildman–Crippen MR) is 73.1 cm³/mol. The summed E-state index contributed by atoms with van der Waals surface area (Å²) in [5.74, 6) is -1.57. The van der Waals surface area contributed by atoms with Crippen molar-refractivity contribution in [3.63, 3.8) is 0 Å². The lowest BCUT2D eigenvalue weighted by Crippen LogP contribution is -2.22. The summed E-state index contributed by atoms with van der Waals surface area (Å²) >= 11 is 0. The molecule has 1 aromatic rings. The van der Waals surface area contributed by atoms with Crippen molar-refractivity contribution in [1.82, 2.24) is 0 Å². The fourth-order valence-corrected chi connectivity index (χ4v) is 4.20. The number of benzene rings is 1. The van der Waals surface area contributed by atoms with Crippen molar-refractivity contribution >= 4 is 15.6 Å². The summed E-state index contributed by atoms with van der Waals surface area (Å²) in [5.41, 5.74) is 0.492. The van der Waals surface area contributed by atoms with Crippen molar-refractivity contribution in [2.24, 2.45) is 5.92 Å². The summed E-state index contributed by atoms with van der Waals surface area (Å²) in [5, 5.41) is 9.28. The number of sulfone groups is 1. The van der Waals surface area contributed by atoms with Crippen LogP contribution < -0.4 is 4.74 Å². The highest BCUT2D eigenvalue weighted by Crippen LogP contribution is 2.31. The normalized spacial score (nSPS) is 21.9. The third-order valence-corrected chi connectivity index (χ3v) is 5.27. The fourth-order valence-electron chi connectivity index (χ4n) is 2.45. The quantitative estimate of drug-likeness (QED) is 0.835. The molecule has 0 aliphatic carbocycles. The smallest absolute Gasteiger partial charge is 0.158 e. The number of nitriles is 1. The van der Waals surface area contributed by atoms with Gasteiger partial charge >= 0.3 is 0 Å². The summed E-state index contributed by atoms with van der Waals surface area (Å²) < 4.78 is 28.1. The molecule has 106 valence electrons. The highest BCUT2D eigenvalue weighted by Gasteiger charge is 2.37. The first-order chi connectivity index (χ1) is 9.48. The van der Waals surface area contributed by atoms with E-state index < -0.39 is 21.7 Å². The van der Waals surface area contributed by atoms with Crippen LogP contribution in [0.5, 0.6) is 5.75 Å². The maximum atomic E-state index is 12.4. The Kier molecular flexibility index (Phi) is 4.09. The van der Waals surface area contributed by atoms with Crippen molar-refractivity contribution in [2.75, 3.05) is 18.6 Å². The monoisotopic (exact) mass is 293 g/mol. The molecule has 0 spiro atoms. The Hall–Kier alpha value is -1.87. The van der Waals surface area contributed by atoms with Gasteiger partial charge in [0.2, 0.25) is 0 Å². The third-order valence-electron chi connectivity index (χ3n) is 3.50. The van der Waals surface area contributed by atoms with Gasteiger partial charge in [-0.05, 0) is 12.5 Å². The van der Waals surface area contributed by atoms with E-state index in [-0.39, 0.29) is 17.3 Å². The molecule has 1 aromatic carbocycles. The van der Waals surface area contributed by atoms with E-state index in [1.54, 1.807) is 24.3 Å². The molecule has 6 heteroatoms. The Balaban J connectivity index is 2.29. The minimum atomic E-state index is -3.14. The fraction of sp³-hybridized carbons (Fsp3) is 0.429. The van der Waals surface area contributed by atoms with Gasteiger partial charge in [-0.3, -0.25) is 4.79 Å². The molecule has 1 fully saturated rings. The second kappa shape index (κ2) is 5.63. The van der Waals surface area contributed by atoms with Gasteiger partial charge in [0.15, 0.2) is 15.6 Å². The van der Waals surface area contributed by atoms with Gasteiger partial charge in [-0.2, -0.15) is 5.26 Å². The van der Waals surface area contributed by atoms with Crippen LogP contribution in [0.2, 0.25) is 0 Å². The molecule has 0 aromatic heterocycles. The lowest BCUT2D eigenvalue weighted by molar-refractivity contribution is -0.122. The van der Waals surface area contributed by atoms with Crippen LogP contribution in [0.4, 0.5) is 0 Å². The molecular weight excluding hydrogens is 278 g/mol. The van der Waals surface area contributed by atoms with E-state index >= 15 is 0 Å². The molecule has 0 amide bonds. The van der Waals surface area contributed by atoms with Crippen molar-refractivity contribution in [2.45, 2.75) is 12.3 Å². The van der Waals surface area contributed by atoms with Crippen molar-refractivity contribution in [3.8, 4) is 11.8 Å². The first kappa shape index (κ1) is 14.5. The van der Waals surface area contributed by atoms with Crippen molar-refractivity contribution < 1.29 is 17.9 Å². The largest absolute Gasteiger partial charge is 0.496 e. The zero-order valence-corrected chi connectivity index (χ0v) is 11.9. The lowest BCUT2D eigenvalue weighted by atomic mass is 9.87. The first-order valence-electron chi connectivity index (χ1n) is 6.25. The number of para-hydroxylation sites is 1. The first-order valence-corrected chi connectivity index (χ1v) is 8.07. The second-order valence-corrected chi connectivity index (χ2v) is 7.04. The summed E-state index contributed by atoms with van der Waals surface area (Å²) in [7, 11) is -1.67. The van der Waals surface area contributed by atoms with Crippen LogP contribution in [0.15, 0.2) is 24.3 Å². The number of methoxy groups -OCH3 is 1. The molecule has 0 saturated carbocycles. The summed E-state index contributed by atoms with van der Waals surface area (Å²) in [6.45, 7) is 0. The van der Waals surface area contributed by atoms with E-state index in [0.717, 1.165) is 0 Å². The van der Waals surface area contributed by atoms with Crippen molar-refractivity contribution in [1.29, 1.82) is 5.26 Å². The standard InChI is InChI=1S/C14H15NO4S/c1-19-13-5-3-2-4-11(13)12(8-15)14(16)10-6-7-20(17,18)9-10/h2-5,10,12H,6-7,9H2,1H3. The number of rotatable bonds is 4. The van der Waals surface area contributed by atoms with Crippen LogP contribution in [0, 0.1) is 17.2 Å². The van der Waals surface area contributed by atoms with E-state index in [2.05, 4.69) is 0 Å². The van der Waals surface area contributed by atoms with Gasteiger partial charge in [-0.1, -0.05) is 18.2 Å². The number of ketones is 1. The molecule has 0 N–H and O–H groups in total. The Morgan fingerprint density at radius 1 is 1.45 bits per heavy atom. The minimum Gasteiger partial charge on any atom is -0.496 e. The molecular formula is C14H15NO4S. The lowest BCUT2D eigenvalue weighted by Gasteiger charge is -2.15. The molecule has 5 nitrogen and oxygen atoms in total. The highest BCUT2D eigenvalue weighted by molar-refractivity contribution is 7.91. The van der Waals surface area contributed by atoms with E-state index in [4.69, 9.17) is 4.74 Å². The van der Waals surface area contributed by atoms with Crippen LogP contribution in [0.1, 0.15) is 17.9 Å². The predicted octanol–water partition coefficient (Wildman–Crippen LogP) is 1.31. The summed E-state index contributed by atoms with van der Waals surface area (Å²) in [6, 6.07) is 8.79. The number of hydrogen-bond donors (Lipinski definition) is 0. The Morgan fingerprint density at radius 2 is 2.15 bits per heavy atom. The van der Waals surface area contributed by atoms with Gasteiger partial charge < -0.3 is 4.74 Å². The Morgan fingerprint density at radius 3 is 2.70 bits per heavy atom. The van der Waals surface area contributed by atoms with E-state index in [1.165, 1.54) is 7.11 Å². The van der Waals surface area contributed by atoms with Crippen LogP contribution in [-0.4, -0.2) is 32.8 Å². The Bertz CT molecular complexity index is 660. The molecule has 20 heavy (non-hydrogen) atoms. The zero-order valence-electron chi connectivity index (χ0n) is 11.1. The van der Waals surface area contributed by atoms with Crippen LogP contribution in [0.3, 0.4) is 0 Å². The van der Waals surface area contributed by atoms with Gasteiger partial charge in [0.05, 0.1) is 24.7 Å². The third kappa shape index (κ3) is 2.83. The Labute approximate surface area is 118 Å². The van der Waals surface area contributed by atoms with Gasteiger partial charge in [0.25, 0.3) is 0 Å². The van der Waals surface area contributed by atoms with Crippen molar-refractivity contribution in [3.05, 3.63) is 29.8 Å². The van der Waals surface area contributed by atoms with E-state index in [0.29, 0.717) is 17.7 Å². The van der Waals surface area contributed by atoms with Gasteiger partial charge in [-0.25, -0.2) is 8.42 Å². The molecule has 2 unspecified atom stereocenters. The molecule has 1 saturated heterocycles. The SMILES string of the molecule is COc1ccccc1C(C#N)C(=O)C1CCS(=O)(=O)C1.